The van der Waals surface area contributed by atoms with Crippen LogP contribution in [0.25, 0.3) is 0 Å². The van der Waals surface area contributed by atoms with Crippen LogP contribution in [0.15, 0.2) is 23.9 Å². The second-order valence-corrected chi connectivity index (χ2v) is 9.65. The molecule has 0 amide bonds. The number of alkyl halides is 3. The number of carbonyl (C=O) groups excluding carboxylic acids is 3. The van der Waals surface area contributed by atoms with Crippen LogP contribution in [0.4, 0.5) is 13.2 Å². The molecule has 10 heteroatoms. The van der Waals surface area contributed by atoms with Gasteiger partial charge in [0.2, 0.25) is 0 Å². The average molecular weight is 526 g/mol. The third kappa shape index (κ3) is 6.91. The van der Waals surface area contributed by atoms with E-state index in [-0.39, 0.29) is 54.3 Å². The number of esters is 1. The van der Waals surface area contributed by atoms with Gasteiger partial charge in [0, 0.05) is 45.2 Å². The number of hydrogen-bond donors (Lipinski definition) is 0. The van der Waals surface area contributed by atoms with Crippen molar-refractivity contribution in [1.82, 2.24) is 4.90 Å². The van der Waals surface area contributed by atoms with Crippen molar-refractivity contribution in [3.05, 3.63) is 40.6 Å². The molecule has 37 heavy (non-hydrogen) atoms. The minimum Gasteiger partial charge on any atom is -0.493 e. The fourth-order valence-electron chi connectivity index (χ4n) is 4.82. The van der Waals surface area contributed by atoms with Crippen molar-refractivity contribution in [2.75, 3.05) is 26.9 Å². The molecule has 0 radical (unpaired) electrons. The maximum atomic E-state index is 12.9. The highest BCUT2D eigenvalue weighted by Crippen LogP contribution is 2.44. The van der Waals surface area contributed by atoms with E-state index in [0.29, 0.717) is 25.0 Å². The molecule has 0 saturated carbocycles. The van der Waals surface area contributed by atoms with Gasteiger partial charge in [-0.1, -0.05) is 13.8 Å². The summed E-state index contributed by atoms with van der Waals surface area (Å²) in [5.41, 5.74) is 1.60. The van der Waals surface area contributed by atoms with Gasteiger partial charge in [-0.25, -0.2) is 4.79 Å². The van der Waals surface area contributed by atoms with Gasteiger partial charge in [0.1, 0.15) is 11.3 Å². The van der Waals surface area contributed by atoms with Crippen LogP contribution in [0.5, 0.6) is 5.75 Å². The molecule has 3 rings (SSSR count). The minimum absolute atomic E-state index is 0.00884. The first-order valence-corrected chi connectivity index (χ1v) is 12.5. The highest BCUT2D eigenvalue weighted by atomic mass is 19.4. The summed E-state index contributed by atoms with van der Waals surface area (Å²) in [5.74, 6) is -1.34. The normalized spacial score (nSPS) is 19.3. The molecule has 0 spiro atoms. The van der Waals surface area contributed by atoms with E-state index in [1.165, 1.54) is 0 Å². The first kappa shape index (κ1) is 28.7. The van der Waals surface area contributed by atoms with Crippen LogP contribution in [-0.4, -0.2) is 61.6 Å². The molecule has 0 bridgehead atoms. The molecule has 2 unspecified atom stereocenters. The zero-order valence-corrected chi connectivity index (χ0v) is 21.7. The van der Waals surface area contributed by atoms with Crippen LogP contribution >= 0.6 is 0 Å². The number of halogens is 3. The summed E-state index contributed by atoms with van der Waals surface area (Å²) in [6.07, 6.45) is -3.77. The van der Waals surface area contributed by atoms with Gasteiger partial charge in [0.15, 0.2) is 11.6 Å². The quantitative estimate of drug-likeness (QED) is 0.175. The number of carbonyl (C=O) groups is 3. The molecule has 0 aliphatic carbocycles. The molecule has 0 saturated heterocycles. The Morgan fingerprint density at radius 2 is 1.89 bits per heavy atom. The molecular formula is C27H34F3NO6. The average Bonchev–Trinajstić information content (AvgIpc) is 2.83. The van der Waals surface area contributed by atoms with Gasteiger partial charge < -0.3 is 19.1 Å². The Labute approximate surface area is 214 Å². The predicted octanol–water partition coefficient (Wildman–Crippen LogP) is 4.97. The lowest BCUT2D eigenvalue weighted by atomic mass is 9.79. The number of hydrogen-bond acceptors (Lipinski definition) is 7. The Bertz CT molecular complexity index is 1050. The van der Waals surface area contributed by atoms with Crippen LogP contribution in [0.3, 0.4) is 0 Å². The lowest BCUT2D eigenvalue weighted by Crippen LogP contribution is -2.47. The molecule has 2 heterocycles. The second-order valence-electron chi connectivity index (χ2n) is 9.65. The molecule has 1 aromatic rings. The SMILES string of the molecule is CCOC(=O)C1=CN2C(CC1=O)c1cc(C(=O)CCC(F)(F)F)c(OCCCOC)cc1CC2C(C)C. The summed E-state index contributed by atoms with van der Waals surface area (Å²) in [5, 5.41) is 0. The standard InChI is InChI=1S/C27H34F3NO6/c1-5-36-26(34)20-15-31-21(16(2)3)11-17-12-25(37-10-6-9-35-4)19(23(32)7-8-27(28,29)30)13-18(17)22(31)14-24(20)33/h12-13,15-16,21-22H,5-11,14H2,1-4H3. The third-order valence-corrected chi connectivity index (χ3v) is 6.68. The molecule has 1 aromatic carbocycles. The molecule has 0 aromatic heterocycles. The number of methoxy groups -OCH3 is 1. The summed E-state index contributed by atoms with van der Waals surface area (Å²) in [7, 11) is 1.55. The third-order valence-electron chi connectivity index (χ3n) is 6.68. The van der Waals surface area contributed by atoms with E-state index in [0.717, 1.165) is 5.56 Å². The van der Waals surface area contributed by atoms with Gasteiger partial charge in [0.25, 0.3) is 0 Å². The predicted molar refractivity (Wildman–Crippen MR) is 129 cm³/mol. The summed E-state index contributed by atoms with van der Waals surface area (Å²) >= 11 is 0. The summed E-state index contributed by atoms with van der Waals surface area (Å²) < 4.78 is 54.5. The zero-order chi connectivity index (χ0) is 27.3. The fourth-order valence-corrected chi connectivity index (χ4v) is 4.82. The molecule has 2 aliphatic rings. The van der Waals surface area contributed by atoms with Crippen molar-refractivity contribution in [1.29, 1.82) is 0 Å². The summed E-state index contributed by atoms with van der Waals surface area (Å²) in [6.45, 7) is 6.55. The highest BCUT2D eigenvalue weighted by Gasteiger charge is 2.41. The molecular weight excluding hydrogens is 491 g/mol. The smallest absolute Gasteiger partial charge is 0.389 e. The van der Waals surface area contributed by atoms with E-state index in [1.54, 1.807) is 32.4 Å². The molecule has 2 atom stereocenters. The number of ketones is 2. The van der Waals surface area contributed by atoms with Crippen molar-refractivity contribution in [3.63, 3.8) is 0 Å². The van der Waals surface area contributed by atoms with Crippen LogP contribution in [-0.2, 0) is 25.5 Å². The molecule has 204 valence electrons. The van der Waals surface area contributed by atoms with E-state index in [9.17, 15) is 27.6 Å². The van der Waals surface area contributed by atoms with Crippen molar-refractivity contribution < 1.29 is 41.8 Å². The maximum absolute atomic E-state index is 12.9. The number of ether oxygens (including phenoxy) is 3. The Morgan fingerprint density at radius 1 is 1.16 bits per heavy atom. The zero-order valence-electron chi connectivity index (χ0n) is 21.7. The lowest BCUT2D eigenvalue weighted by Gasteiger charge is -2.47. The van der Waals surface area contributed by atoms with Crippen LogP contribution in [0, 0.1) is 5.92 Å². The van der Waals surface area contributed by atoms with Crippen molar-refractivity contribution >= 4 is 17.5 Å². The molecule has 0 N–H and O–H groups in total. The van der Waals surface area contributed by atoms with Gasteiger partial charge in [-0.05, 0) is 42.5 Å². The number of Topliss-reactive ketones (excluding diaryl/α,β-unsaturated/α-hetero) is 2. The van der Waals surface area contributed by atoms with Crippen LogP contribution < -0.4 is 4.74 Å². The van der Waals surface area contributed by atoms with Gasteiger partial charge in [-0.2, -0.15) is 13.2 Å². The summed E-state index contributed by atoms with van der Waals surface area (Å²) in [4.78, 5) is 40.2. The van der Waals surface area contributed by atoms with Crippen molar-refractivity contribution in [2.45, 2.75) is 71.1 Å². The first-order chi connectivity index (χ1) is 17.5. The minimum atomic E-state index is -4.46. The molecule has 0 fully saturated rings. The molecule has 2 aliphatic heterocycles. The Balaban J connectivity index is 2.04. The Morgan fingerprint density at radius 3 is 2.51 bits per heavy atom. The van der Waals surface area contributed by atoms with Crippen molar-refractivity contribution in [3.8, 4) is 5.75 Å². The number of fused-ring (bicyclic) bond motifs is 3. The van der Waals surface area contributed by atoms with E-state index >= 15 is 0 Å². The number of benzene rings is 1. The van der Waals surface area contributed by atoms with Crippen molar-refractivity contribution in [2.24, 2.45) is 5.92 Å². The second kappa shape index (κ2) is 12.1. The fraction of sp³-hybridized carbons (Fsp3) is 0.593. The van der Waals surface area contributed by atoms with Gasteiger partial charge >= 0.3 is 12.1 Å². The van der Waals surface area contributed by atoms with E-state index < -0.39 is 36.8 Å². The lowest BCUT2D eigenvalue weighted by molar-refractivity contribution is -0.141. The van der Waals surface area contributed by atoms with E-state index in [2.05, 4.69) is 0 Å². The Hall–Kier alpha value is -2.88. The monoisotopic (exact) mass is 525 g/mol. The number of rotatable bonds is 11. The number of nitrogens with zero attached hydrogens (tertiary/aromatic N) is 1. The van der Waals surface area contributed by atoms with Crippen LogP contribution in [0.1, 0.15) is 74.0 Å². The van der Waals surface area contributed by atoms with Gasteiger partial charge in [-0.3, -0.25) is 9.59 Å². The molecule has 7 nitrogen and oxygen atoms in total. The largest absolute Gasteiger partial charge is 0.493 e. The topological polar surface area (TPSA) is 82.1 Å². The van der Waals surface area contributed by atoms with Crippen LogP contribution in [0.2, 0.25) is 0 Å². The first-order valence-electron chi connectivity index (χ1n) is 12.5. The summed E-state index contributed by atoms with van der Waals surface area (Å²) in [6, 6.07) is 2.79. The van der Waals surface area contributed by atoms with E-state index in [4.69, 9.17) is 14.2 Å². The van der Waals surface area contributed by atoms with Gasteiger partial charge in [0.05, 0.1) is 31.2 Å². The Kier molecular flexibility index (Phi) is 9.39. The maximum Gasteiger partial charge on any atom is 0.389 e. The van der Waals surface area contributed by atoms with E-state index in [1.807, 2.05) is 18.7 Å². The highest BCUT2D eigenvalue weighted by molar-refractivity contribution is 6.17. The van der Waals surface area contributed by atoms with Gasteiger partial charge in [-0.15, -0.1) is 0 Å².